The van der Waals surface area contributed by atoms with E-state index in [-0.39, 0.29) is 6.54 Å². The Kier molecular flexibility index (Phi) is 7.56. The van der Waals surface area contributed by atoms with Crippen molar-refractivity contribution in [2.24, 2.45) is 5.16 Å². The van der Waals surface area contributed by atoms with Crippen LogP contribution in [0.4, 0.5) is 0 Å². The Morgan fingerprint density at radius 1 is 1.00 bits per heavy atom. The molecule has 0 spiro atoms. The Bertz CT molecular complexity index is 688. The molecule has 0 saturated carbocycles. The van der Waals surface area contributed by atoms with E-state index in [0.717, 1.165) is 11.1 Å². The highest BCUT2D eigenvalue weighted by atomic mass is 35.6. The molecule has 0 atom stereocenters. The van der Waals surface area contributed by atoms with E-state index in [2.05, 4.69) is 5.16 Å². The van der Waals surface area contributed by atoms with E-state index in [1.807, 2.05) is 60.7 Å². The Balaban J connectivity index is 1.93. The number of halogens is 3. The van der Waals surface area contributed by atoms with Crippen LogP contribution in [0.3, 0.4) is 0 Å². The number of alkyl halides is 3. The third-order valence-electron chi connectivity index (χ3n) is 3.27. The SMILES string of the molecule is O=C(N(C/C=N\OCc1ccccc1)Cc1ccccc1)C(Cl)(Cl)Cl. The maximum Gasteiger partial charge on any atom is 0.275 e. The molecule has 0 unspecified atom stereocenters. The Morgan fingerprint density at radius 2 is 1.56 bits per heavy atom. The number of amides is 1. The van der Waals surface area contributed by atoms with Crippen molar-refractivity contribution in [3.63, 3.8) is 0 Å². The second-order valence-electron chi connectivity index (χ2n) is 5.22. The number of carbonyl (C=O) groups excluding carboxylic acids is 1. The van der Waals surface area contributed by atoms with Gasteiger partial charge in [-0.3, -0.25) is 4.79 Å². The molecule has 1 amide bonds. The summed E-state index contributed by atoms with van der Waals surface area (Å²) in [5.74, 6) is -0.615. The molecule has 7 heteroatoms. The van der Waals surface area contributed by atoms with Gasteiger partial charge in [-0.1, -0.05) is 101 Å². The summed E-state index contributed by atoms with van der Waals surface area (Å²) in [6, 6.07) is 19.1. The van der Waals surface area contributed by atoms with Crippen molar-refractivity contribution >= 4 is 46.9 Å². The third-order valence-corrected chi connectivity index (χ3v) is 3.76. The molecule has 2 aromatic carbocycles. The summed E-state index contributed by atoms with van der Waals surface area (Å²) in [4.78, 5) is 18.9. The van der Waals surface area contributed by atoms with E-state index in [1.165, 1.54) is 11.1 Å². The zero-order valence-electron chi connectivity index (χ0n) is 13.3. The molecule has 4 nitrogen and oxygen atoms in total. The number of benzene rings is 2. The van der Waals surface area contributed by atoms with Gasteiger partial charge in [0.15, 0.2) is 0 Å². The van der Waals surface area contributed by atoms with Crippen molar-refractivity contribution in [2.45, 2.75) is 16.9 Å². The lowest BCUT2D eigenvalue weighted by Crippen LogP contribution is -2.40. The maximum atomic E-state index is 12.3. The fourth-order valence-electron chi connectivity index (χ4n) is 2.07. The lowest BCUT2D eigenvalue weighted by atomic mass is 10.2. The second kappa shape index (κ2) is 9.66. The number of nitrogens with zero attached hydrogens (tertiary/aromatic N) is 2. The van der Waals surface area contributed by atoms with Crippen molar-refractivity contribution in [2.75, 3.05) is 6.54 Å². The monoisotopic (exact) mass is 398 g/mol. The summed E-state index contributed by atoms with van der Waals surface area (Å²) in [7, 11) is 0. The van der Waals surface area contributed by atoms with E-state index in [4.69, 9.17) is 39.6 Å². The van der Waals surface area contributed by atoms with Gasteiger partial charge in [0.05, 0.1) is 12.8 Å². The fraction of sp³-hybridized carbons (Fsp3) is 0.222. The molecule has 0 heterocycles. The van der Waals surface area contributed by atoms with Crippen LogP contribution >= 0.6 is 34.8 Å². The van der Waals surface area contributed by atoms with Crippen LogP contribution in [0.25, 0.3) is 0 Å². The number of hydrogen-bond donors (Lipinski definition) is 0. The van der Waals surface area contributed by atoms with Crippen LogP contribution in [0.15, 0.2) is 65.8 Å². The van der Waals surface area contributed by atoms with Gasteiger partial charge < -0.3 is 9.74 Å². The fourth-order valence-corrected chi connectivity index (χ4v) is 2.43. The molecular formula is C18H17Cl3N2O2. The number of rotatable bonds is 7. The minimum absolute atomic E-state index is 0.163. The predicted molar refractivity (Wildman–Crippen MR) is 102 cm³/mol. The minimum atomic E-state index is -2.02. The van der Waals surface area contributed by atoms with Crippen LogP contribution in [-0.4, -0.2) is 27.4 Å². The molecule has 2 aromatic rings. The standard InChI is InChI=1S/C18H17Cl3N2O2/c19-18(20,21)17(24)23(13-15-7-3-1-4-8-15)12-11-22-25-14-16-9-5-2-6-10-16/h1-11H,12-14H2/b22-11-. The van der Waals surface area contributed by atoms with E-state index in [1.54, 1.807) is 0 Å². The number of hydrogen-bond acceptors (Lipinski definition) is 3. The molecule has 0 aromatic heterocycles. The van der Waals surface area contributed by atoms with Crippen molar-refractivity contribution in [1.82, 2.24) is 4.90 Å². The van der Waals surface area contributed by atoms with E-state index in [9.17, 15) is 4.79 Å². The van der Waals surface area contributed by atoms with Gasteiger partial charge in [0, 0.05) is 6.54 Å². The lowest BCUT2D eigenvalue weighted by Gasteiger charge is -2.24. The van der Waals surface area contributed by atoms with Crippen LogP contribution in [0, 0.1) is 0 Å². The van der Waals surface area contributed by atoms with Gasteiger partial charge in [-0.15, -0.1) is 0 Å². The highest BCUT2D eigenvalue weighted by molar-refractivity contribution is 6.76. The van der Waals surface area contributed by atoms with Gasteiger partial charge in [0.1, 0.15) is 6.61 Å². The van der Waals surface area contributed by atoms with Gasteiger partial charge >= 0.3 is 0 Å². The molecule has 0 aliphatic heterocycles. The molecule has 0 N–H and O–H groups in total. The average Bonchev–Trinajstić information content (AvgIpc) is 2.61. The first-order valence-corrected chi connectivity index (χ1v) is 8.68. The summed E-state index contributed by atoms with van der Waals surface area (Å²) in [6.07, 6.45) is 1.47. The second-order valence-corrected chi connectivity index (χ2v) is 7.50. The average molecular weight is 400 g/mol. The van der Waals surface area contributed by atoms with Crippen molar-refractivity contribution in [3.05, 3.63) is 71.8 Å². The zero-order chi connectivity index (χ0) is 18.1. The summed E-state index contributed by atoms with van der Waals surface area (Å²) in [5.41, 5.74) is 1.92. The van der Waals surface area contributed by atoms with Gasteiger partial charge in [-0.25, -0.2) is 0 Å². The highest BCUT2D eigenvalue weighted by Gasteiger charge is 2.34. The quantitative estimate of drug-likeness (QED) is 0.388. The summed E-state index contributed by atoms with van der Waals surface area (Å²) >= 11 is 17.2. The Labute approximate surface area is 161 Å². The molecule has 25 heavy (non-hydrogen) atoms. The normalized spacial score (nSPS) is 11.5. The third kappa shape index (κ3) is 6.94. The lowest BCUT2D eigenvalue weighted by molar-refractivity contribution is -0.130. The number of carbonyl (C=O) groups is 1. The van der Waals surface area contributed by atoms with Crippen molar-refractivity contribution in [3.8, 4) is 0 Å². The van der Waals surface area contributed by atoms with Gasteiger partial charge in [0.25, 0.3) is 9.70 Å². The molecule has 2 rings (SSSR count). The van der Waals surface area contributed by atoms with E-state index < -0.39 is 9.70 Å². The smallest absolute Gasteiger partial charge is 0.275 e. The van der Waals surface area contributed by atoms with Crippen LogP contribution < -0.4 is 0 Å². The number of oxime groups is 1. The van der Waals surface area contributed by atoms with Crippen LogP contribution in [0.1, 0.15) is 11.1 Å². The molecule has 0 bridgehead atoms. The molecule has 0 aliphatic carbocycles. The van der Waals surface area contributed by atoms with E-state index in [0.29, 0.717) is 13.2 Å². The zero-order valence-corrected chi connectivity index (χ0v) is 15.6. The largest absolute Gasteiger partial charge is 0.391 e. The van der Waals surface area contributed by atoms with Crippen molar-refractivity contribution in [1.29, 1.82) is 0 Å². The van der Waals surface area contributed by atoms with Crippen LogP contribution in [0.5, 0.6) is 0 Å². The summed E-state index contributed by atoms with van der Waals surface area (Å²) in [6.45, 7) is 0.809. The maximum absolute atomic E-state index is 12.3. The topological polar surface area (TPSA) is 41.9 Å². The Hall–Kier alpha value is -1.75. The van der Waals surface area contributed by atoms with Gasteiger partial charge in [-0.2, -0.15) is 0 Å². The summed E-state index contributed by atoms with van der Waals surface area (Å²) < 4.78 is -2.02. The summed E-state index contributed by atoms with van der Waals surface area (Å²) in [5, 5.41) is 3.86. The van der Waals surface area contributed by atoms with Gasteiger partial charge in [-0.05, 0) is 11.1 Å². The van der Waals surface area contributed by atoms with Crippen molar-refractivity contribution < 1.29 is 9.63 Å². The molecule has 0 radical (unpaired) electrons. The molecule has 0 saturated heterocycles. The van der Waals surface area contributed by atoms with E-state index >= 15 is 0 Å². The molecule has 0 fully saturated rings. The van der Waals surface area contributed by atoms with Gasteiger partial charge in [0.2, 0.25) is 0 Å². The predicted octanol–water partition coefficient (Wildman–Crippen LogP) is 4.59. The molecule has 0 aliphatic rings. The first kappa shape index (κ1) is 19.6. The minimum Gasteiger partial charge on any atom is -0.391 e. The highest BCUT2D eigenvalue weighted by Crippen LogP contribution is 2.29. The first-order valence-electron chi connectivity index (χ1n) is 7.54. The first-order chi connectivity index (χ1) is 12.0. The Morgan fingerprint density at radius 3 is 2.12 bits per heavy atom. The molecule has 132 valence electrons. The van der Waals surface area contributed by atoms with Crippen LogP contribution in [-0.2, 0) is 22.8 Å². The van der Waals surface area contributed by atoms with Crippen LogP contribution in [0.2, 0.25) is 0 Å². The molecular weight excluding hydrogens is 383 g/mol.